The molecule has 0 aliphatic carbocycles. The van der Waals surface area contributed by atoms with Crippen LogP contribution in [0.3, 0.4) is 0 Å². The molecule has 1 saturated heterocycles. The second-order valence-electron chi connectivity index (χ2n) is 10.4. The summed E-state index contributed by atoms with van der Waals surface area (Å²) in [5.74, 6) is 0.277. The van der Waals surface area contributed by atoms with Gasteiger partial charge in [0.1, 0.15) is 37.1 Å². The third kappa shape index (κ3) is 5.44. The van der Waals surface area contributed by atoms with E-state index in [1.807, 2.05) is 61.5 Å². The maximum Gasteiger partial charge on any atom is 0.301 e. The number of hydrogen-bond donors (Lipinski definition) is 1. The van der Waals surface area contributed by atoms with Crippen molar-refractivity contribution in [1.29, 1.82) is 0 Å². The molecule has 9 nitrogen and oxygen atoms in total. The van der Waals surface area contributed by atoms with Crippen molar-refractivity contribution < 1.29 is 33.6 Å². The summed E-state index contributed by atoms with van der Waals surface area (Å²) in [6.45, 7) is 3.53. The van der Waals surface area contributed by atoms with Crippen LogP contribution < -0.4 is 23.8 Å². The molecule has 1 aromatic heterocycles. The third-order valence-electron chi connectivity index (χ3n) is 7.55. The summed E-state index contributed by atoms with van der Waals surface area (Å²) in [4.78, 5) is 33.7. The number of aromatic nitrogens is 1. The molecule has 4 aromatic carbocycles. The maximum atomic E-state index is 13.8. The standard InChI is InChI=1S/C35H28N2O7S/c1-2-41-25-12-13-26-29(19-25)45-35(36-26)37-31(22-9-6-10-24(17-22)44-20-21-7-4-3-5-8-21)30(33(39)34(37)40)32(38)23-11-14-27-28(18-23)43-16-15-42-27/h3-14,17-19,31,38H,2,15-16,20H2,1H3/b32-30+/t31-/m1/s1. The lowest BCUT2D eigenvalue weighted by Crippen LogP contribution is -2.29. The number of benzene rings is 4. The van der Waals surface area contributed by atoms with Gasteiger partial charge < -0.3 is 24.1 Å². The number of nitrogens with zero attached hydrogens (tertiary/aromatic N) is 2. The molecule has 1 N–H and O–H groups in total. The van der Waals surface area contributed by atoms with Gasteiger partial charge in [0.25, 0.3) is 5.78 Å². The molecule has 226 valence electrons. The van der Waals surface area contributed by atoms with Crippen molar-refractivity contribution >= 4 is 44.1 Å². The van der Waals surface area contributed by atoms with Crippen LogP contribution in [0.15, 0.2) is 96.6 Å². The number of thiazole rings is 1. The van der Waals surface area contributed by atoms with Crippen LogP contribution in [0, 0.1) is 0 Å². The quantitative estimate of drug-likeness (QED) is 0.116. The van der Waals surface area contributed by atoms with Crippen LogP contribution in [0.2, 0.25) is 0 Å². The minimum absolute atomic E-state index is 0.0638. The average Bonchev–Trinajstić information content (AvgIpc) is 3.61. The number of carbonyl (C=O) groups excluding carboxylic acids is 2. The number of rotatable bonds is 8. The zero-order valence-electron chi connectivity index (χ0n) is 24.3. The number of aliphatic hydroxyl groups is 1. The van der Waals surface area contributed by atoms with Gasteiger partial charge in [-0.3, -0.25) is 14.5 Å². The molecule has 2 aliphatic heterocycles. The van der Waals surface area contributed by atoms with Gasteiger partial charge in [-0.15, -0.1) is 0 Å². The van der Waals surface area contributed by atoms with Gasteiger partial charge in [-0.05, 0) is 66.6 Å². The van der Waals surface area contributed by atoms with Crippen molar-refractivity contribution in [2.75, 3.05) is 24.7 Å². The van der Waals surface area contributed by atoms with Gasteiger partial charge in [0.15, 0.2) is 16.6 Å². The minimum atomic E-state index is -0.981. The van der Waals surface area contributed by atoms with Crippen LogP contribution in [-0.2, 0) is 16.2 Å². The van der Waals surface area contributed by atoms with E-state index in [2.05, 4.69) is 0 Å². The third-order valence-corrected chi connectivity index (χ3v) is 8.57. The van der Waals surface area contributed by atoms with E-state index in [4.69, 9.17) is 23.9 Å². The van der Waals surface area contributed by atoms with Gasteiger partial charge in [-0.1, -0.05) is 53.8 Å². The van der Waals surface area contributed by atoms with E-state index in [1.165, 1.54) is 16.2 Å². The highest BCUT2D eigenvalue weighted by molar-refractivity contribution is 7.22. The van der Waals surface area contributed by atoms with Gasteiger partial charge in [0.2, 0.25) is 0 Å². The van der Waals surface area contributed by atoms with E-state index in [1.54, 1.807) is 36.4 Å². The van der Waals surface area contributed by atoms with Crippen molar-refractivity contribution in [3.05, 3.63) is 113 Å². The molecule has 3 heterocycles. The Hall–Kier alpha value is -5.35. The number of amides is 1. The zero-order chi connectivity index (χ0) is 30.9. The molecule has 1 fully saturated rings. The Morgan fingerprint density at radius 1 is 0.911 bits per heavy atom. The Balaban J connectivity index is 1.34. The lowest BCUT2D eigenvalue weighted by Gasteiger charge is -2.24. The number of hydrogen-bond acceptors (Lipinski definition) is 9. The predicted molar refractivity (Wildman–Crippen MR) is 170 cm³/mol. The molecular weight excluding hydrogens is 592 g/mol. The van der Waals surface area contributed by atoms with E-state index < -0.39 is 17.7 Å². The maximum absolute atomic E-state index is 13.8. The summed E-state index contributed by atoms with van der Waals surface area (Å²) < 4.78 is 23.9. The van der Waals surface area contributed by atoms with E-state index in [-0.39, 0.29) is 11.3 Å². The Labute approximate surface area is 262 Å². The molecule has 45 heavy (non-hydrogen) atoms. The van der Waals surface area contributed by atoms with Crippen LogP contribution in [0.1, 0.15) is 29.7 Å². The van der Waals surface area contributed by atoms with Crippen molar-refractivity contribution in [3.8, 4) is 23.0 Å². The summed E-state index contributed by atoms with van der Waals surface area (Å²) in [6, 6.07) is 26.4. The highest BCUT2D eigenvalue weighted by Crippen LogP contribution is 2.46. The van der Waals surface area contributed by atoms with Crippen LogP contribution >= 0.6 is 11.3 Å². The van der Waals surface area contributed by atoms with Crippen molar-refractivity contribution in [2.45, 2.75) is 19.6 Å². The first kappa shape index (κ1) is 28.4. The first-order chi connectivity index (χ1) is 22.0. The smallest absolute Gasteiger partial charge is 0.301 e. The van der Waals surface area contributed by atoms with Gasteiger partial charge in [-0.2, -0.15) is 0 Å². The predicted octanol–water partition coefficient (Wildman–Crippen LogP) is 6.67. The molecule has 10 heteroatoms. The van der Waals surface area contributed by atoms with Crippen molar-refractivity contribution in [1.82, 2.24) is 4.98 Å². The Kier molecular flexibility index (Phi) is 7.56. The second kappa shape index (κ2) is 12.0. The number of carbonyl (C=O) groups is 2. The van der Waals surface area contributed by atoms with Crippen LogP contribution in [0.25, 0.3) is 16.0 Å². The highest BCUT2D eigenvalue weighted by atomic mass is 32.1. The van der Waals surface area contributed by atoms with E-state index in [0.29, 0.717) is 71.2 Å². The SMILES string of the molecule is CCOc1ccc2nc(N3C(=O)C(=O)/C(=C(/O)c4ccc5c(c4)OCCO5)[C@H]3c3cccc(OCc4ccccc4)c3)sc2c1. The molecule has 0 spiro atoms. The number of Topliss-reactive ketones (excluding diaryl/α,β-unsaturated/α-hetero) is 1. The van der Waals surface area contributed by atoms with Gasteiger partial charge >= 0.3 is 5.91 Å². The number of fused-ring (bicyclic) bond motifs is 2. The summed E-state index contributed by atoms with van der Waals surface area (Å²) in [7, 11) is 0. The topological polar surface area (TPSA) is 107 Å². The molecule has 7 rings (SSSR count). The summed E-state index contributed by atoms with van der Waals surface area (Å²) in [5.41, 5.74) is 2.49. The molecule has 1 atom stereocenters. The molecular formula is C35H28N2O7S. The van der Waals surface area contributed by atoms with Crippen LogP contribution in [-0.4, -0.2) is 41.6 Å². The molecule has 0 radical (unpaired) electrons. The average molecular weight is 621 g/mol. The highest BCUT2D eigenvalue weighted by Gasteiger charge is 2.48. The summed E-state index contributed by atoms with van der Waals surface area (Å²) in [5, 5.41) is 12.0. The van der Waals surface area contributed by atoms with Gasteiger partial charge in [-0.25, -0.2) is 4.98 Å². The lowest BCUT2D eigenvalue weighted by molar-refractivity contribution is -0.132. The van der Waals surface area contributed by atoms with Crippen molar-refractivity contribution in [2.24, 2.45) is 0 Å². The number of aliphatic hydroxyl groups excluding tert-OH is 1. The monoisotopic (exact) mass is 620 g/mol. The fourth-order valence-electron chi connectivity index (χ4n) is 5.46. The zero-order valence-corrected chi connectivity index (χ0v) is 25.1. The fraction of sp³-hybridized carbons (Fsp3) is 0.171. The molecule has 2 aliphatic rings. The Morgan fingerprint density at radius 2 is 1.71 bits per heavy atom. The van der Waals surface area contributed by atoms with Crippen LogP contribution in [0.4, 0.5) is 5.13 Å². The largest absolute Gasteiger partial charge is 0.507 e. The second-order valence-corrected chi connectivity index (χ2v) is 11.4. The van der Waals surface area contributed by atoms with Gasteiger partial charge in [0, 0.05) is 5.56 Å². The van der Waals surface area contributed by atoms with Crippen molar-refractivity contribution in [3.63, 3.8) is 0 Å². The Bertz CT molecular complexity index is 1950. The lowest BCUT2D eigenvalue weighted by atomic mass is 9.95. The normalized spacial score (nSPS) is 17.1. The summed E-state index contributed by atoms with van der Waals surface area (Å²) >= 11 is 1.27. The first-order valence-corrected chi connectivity index (χ1v) is 15.3. The van der Waals surface area contributed by atoms with Crippen LogP contribution in [0.5, 0.6) is 23.0 Å². The molecule has 1 amide bonds. The molecule has 0 saturated carbocycles. The number of anilines is 1. The molecule has 0 unspecified atom stereocenters. The van der Waals surface area contributed by atoms with E-state index in [0.717, 1.165) is 10.3 Å². The Morgan fingerprint density at radius 3 is 2.53 bits per heavy atom. The first-order valence-electron chi connectivity index (χ1n) is 14.5. The van der Waals surface area contributed by atoms with E-state index >= 15 is 0 Å². The minimum Gasteiger partial charge on any atom is -0.507 e. The number of ketones is 1. The fourth-order valence-corrected chi connectivity index (χ4v) is 6.48. The van der Waals surface area contributed by atoms with Gasteiger partial charge in [0.05, 0.1) is 28.4 Å². The summed E-state index contributed by atoms with van der Waals surface area (Å²) in [6.07, 6.45) is 0. The molecule has 0 bridgehead atoms. The molecule has 5 aromatic rings. The number of ether oxygens (including phenoxy) is 4. The van der Waals surface area contributed by atoms with E-state index in [9.17, 15) is 14.7 Å².